The van der Waals surface area contributed by atoms with Gasteiger partial charge < -0.3 is 5.32 Å². The van der Waals surface area contributed by atoms with Crippen LogP contribution in [0.25, 0.3) is 0 Å². The summed E-state index contributed by atoms with van der Waals surface area (Å²) in [7, 11) is 0. The van der Waals surface area contributed by atoms with Crippen LogP contribution in [-0.2, 0) is 18.1 Å². The van der Waals surface area contributed by atoms with Gasteiger partial charge in [0, 0.05) is 17.0 Å². The third-order valence-electron chi connectivity index (χ3n) is 3.37. The van der Waals surface area contributed by atoms with Crippen molar-refractivity contribution in [1.29, 1.82) is 0 Å². The molecule has 140 valence electrons. The van der Waals surface area contributed by atoms with Gasteiger partial charge in [-0.2, -0.15) is 38.1 Å². The van der Waals surface area contributed by atoms with E-state index in [4.69, 9.17) is 0 Å². The maximum Gasteiger partial charge on any atom is 0.416 e. The predicted octanol–water partition coefficient (Wildman–Crippen LogP) is 5.84. The van der Waals surface area contributed by atoms with Crippen LogP contribution in [0, 0.1) is 0 Å². The molecule has 1 N–H and O–H groups in total. The Hall–Kier alpha value is -2.16. The van der Waals surface area contributed by atoms with E-state index in [1.54, 1.807) is 23.9 Å². The molecule has 1 amide bonds. The van der Waals surface area contributed by atoms with Crippen molar-refractivity contribution in [3.63, 3.8) is 0 Å². The van der Waals surface area contributed by atoms with Gasteiger partial charge in [0.25, 0.3) is 5.91 Å². The van der Waals surface area contributed by atoms with Crippen LogP contribution in [0.5, 0.6) is 0 Å². The first-order valence-electron chi connectivity index (χ1n) is 7.19. The van der Waals surface area contributed by atoms with Crippen molar-refractivity contribution in [3.8, 4) is 0 Å². The summed E-state index contributed by atoms with van der Waals surface area (Å²) in [4.78, 5) is 12.1. The van der Waals surface area contributed by atoms with Gasteiger partial charge in [0.15, 0.2) is 0 Å². The molecule has 2 aromatic carbocycles. The largest absolute Gasteiger partial charge is 0.416 e. The third-order valence-corrected chi connectivity index (χ3v) is 3.99. The summed E-state index contributed by atoms with van der Waals surface area (Å²) in [5.41, 5.74) is -2.49. The number of benzene rings is 2. The number of carbonyl (C=O) groups excluding carboxylic acids is 1. The zero-order valence-electron chi connectivity index (χ0n) is 13.3. The second-order valence-electron chi connectivity index (χ2n) is 5.38. The highest BCUT2D eigenvalue weighted by Crippen LogP contribution is 2.37. The molecule has 0 fully saturated rings. The van der Waals surface area contributed by atoms with Gasteiger partial charge >= 0.3 is 12.4 Å². The third kappa shape index (κ3) is 5.17. The first-order valence-corrected chi connectivity index (χ1v) is 8.59. The van der Waals surface area contributed by atoms with E-state index in [1.165, 1.54) is 12.1 Å². The predicted molar refractivity (Wildman–Crippen MR) is 88.1 cm³/mol. The molecule has 0 spiro atoms. The van der Waals surface area contributed by atoms with Crippen LogP contribution >= 0.6 is 11.8 Å². The average molecular weight is 393 g/mol. The Morgan fingerprint density at radius 1 is 0.923 bits per heavy atom. The van der Waals surface area contributed by atoms with Gasteiger partial charge in [-0.25, -0.2) is 0 Å². The summed E-state index contributed by atoms with van der Waals surface area (Å²) in [5, 5.41) is 2.09. The molecule has 0 bridgehead atoms. The molecule has 2 rings (SSSR count). The van der Waals surface area contributed by atoms with Gasteiger partial charge in [-0.1, -0.05) is 12.1 Å². The zero-order valence-corrected chi connectivity index (χ0v) is 14.1. The van der Waals surface area contributed by atoms with E-state index < -0.39 is 35.1 Å². The SMILES string of the molecule is CSCc1ccc(C(=O)Nc2cc(C(F)(F)F)cc(C(F)(F)F)c2)cc1. The molecular formula is C17H13F6NOS. The minimum absolute atomic E-state index is 0.00681. The number of halogens is 6. The summed E-state index contributed by atoms with van der Waals surface area (Å²) in [6.45, 7) is 0. The van der Waals surface area contributed by atoms with Gasteiger partial charge in [-0.15, -0.1) is 0 Å². The number of hydrogen-bond donors (Lipinski definition) is 1. The highest BCUT2D eigenvalue weighted by atomic mass is 32.2. The Bertz CT molecular complexity index is 751. The molecule has 2 aromatic rings. The Morgan fingerprint density at radius 2 is 1.42 bits per heavy atom. The monoisotopic (exact) mass is 393 g/mol. The molecule has 26 heavy (non-hydrogen) atoms. The Labute approximate surface area is 149 Å². The number of nitrogens with one attached hydrogen (secondary N) is 1. The fraction of sp³-hybridized carbons (Fsp3) is 0.235. The summed E-state index contributed by atoms with van der Waals surface area (Å²) in [6, 6.07) is 7.19. The molecule has 0 aliphatic heterocycles. The van der Waals surface area contributed by atoms with E-state index >= 15 is 0 Å². The summed E-state index contributed by atoms with van der Waals surface area (Å²) in [5.74, 6) is -0.0852. The van der Waals surface area contributed by atoms with E-state index in [1.807, 2.05) is 6.26 Å². The number of alkyl halides is 6. The van der Waals surface area contributed by atoms with E-state index in [0.29, 0.717) is 17.9 Å². The first-order chi connectivity index (χ1) is 12.0. The Kier molecular flexibility index (Phi) is 5.90. The van der Waals surface area contributed by atoms with Crippen molar-refractivity contribution in [3.05, 3.63) is 64.7 Å². The Morgan fingerprint density at radius 3 is 1.85 bits per heavy atom. The van der Waals surface area contributed by atoms with Crippen molar-refractivity contribution < 1.29 is 31.1 Å². The van der Waals surface area contributed by atoms with Crippen LogP contribution in [0.1, 0.15) is 27.0 Å². The quantitative estimate of drug-likeness (QED) is 0.662. The molecule has 0 saturated carbocycles. The number of anilines is 1. The van der Waals surface area contributed by atoms with E-state index in [2.05, 4.69) is 5.32 Å². The normalized spacial score (nSPS) is 12.1. The number of amides is 1. The lowest BCUT2D eigenvalue weighted by molar-refractivity contribution is -0.143. The molecule has 0 saturated heterocycles. The molecule has 0 radical (unpaired) electrons. The van der Waals surface area contributed by atoms with Gasteiger partial charge in [0.1, 0.15) is 0 Å². The maximum absolute atomic E-state index is 12.8. The number of carbonyl (C=O) groups is 1. The van der Waals surface area contributed by atoms with Crippen LogP contribution in [0.15, 0.2) is 42.5 Å². The molecule has 0 atom stereocenters. The van der Waals surface area contributed by atoms with Crippen LogP contribution in [-0.4, -0.2) is 12.2 Å². The van der Waals surface area contributed by atoms with Crippen LogP contribution in [0.4, 0.5) is 32.0 Å². The molecular weight excluding hydrogens is 380 g/mol. The minimum Gasteiger partial charge on any atom is -0.322 e. The molecule has 0 heterocycles. The van der Waals surface area contributed by atoms with Crippen molar-refractivity contribution in [2.24, 2.45) is 0 Å². The highest BCUT2D eigenvalue weighted by molar-refractivity contribution is 7.97. The minimum atomic E-state index is -4.97. The van der Waals surface area contributed by atoms with Crippen LogP contribution < -0.4 is 5.32 Å². The van der Waals surface area contributed by atoms with Crippen molar-refractivity contribution in [1.82, 2.24) is 0 Å². The molecule has 0 aromatic heterocycles. The van der Waals surface area contributed by atoms with Gasteiger partial charge in [-0.05, 0) is 42.2 Å². The van der Waals surface area contributed by atoms with Crippen molar-refractivity contribution in [2.75, 3.05) is 11.6 Å². The molecule has 9 heteroatoms. The zero-order chi connectivity index (χ0) is 19.5. The fourth-order valence-corrected chi connectivity index (χ4v) is 2.68. The van der Waals surface area contributed by atoms with Crippen molar-refractivity contribution >= 4 is 23.4 Å². The Balaban J connectivity index is 2.31. The molecule has 0 aliphatic carbocycles. The number of hydrogen-bond acceptors (Lipinski definition) is 2. The van der Waals surface area contributed by atoms with Crippen LogP contribution in [0.3, 0.4) is 0 Å². The summed E-state index contributed by atoms with van der Waals surface area (Å²) in [6.07, 6.45) is -8.05. The molecule has 0 unspecified atom stereocenters. The lowest BCUT2D eigenvalue weighted by Crippen LogP contribution is -2.16. The first kappa shape index (κ1) is 20.2. The second-order valence-corrected chi connectivity index (χ2v) is 6.24. The summed E-state index contributed by atoms with van der Waals surface area (Å²) >= 11 is 1.57. The highest BCUT2D eigenvalue weighted by Gasteiger charge is 2.37. The lowest BCUT2D eigenvalue weighted by atomic mass is 10.1. The standard InChI is InChI=1S/C17H13F6NOS/c1-26-9-10-2-4-11(5-3-10)15(25)24-14-7-12(16(18,19)20)6-13(8-14)17(21,22)23/h2-8H,9H2,1H3,(H,24,25). The maximum atomic E-state index is 12.8. The van der Waals surface area contributed by atoms with E-state index in [9.17, 15) is 31.1 Å². The van der Waals surface area contributed by atoms with Gasteiger partial charge in [0.05, 0.1) is 11.1 Å². The molecule has 0 aliphatic rings. The number of rotatable bonds is 4. The van der Waals surface area contributed by atoms with Gasteiger partial charge in [0.2, 0.25) is 0 Å². The smallest absolute Gasteiger partial charge is 0.322 e. The molecule has 2 nitrogen and oxygen atoms in total. The average Bonchev–Trinajstić information content (AvgIpc) is 2.54. The second kappa shape index (κ2) is 7.61. The fourth-order valence-electron chi connectivity index (χ4n) is 2.15. The lowest BCUT2D eigenvalue weighted by Gasteiger charge is -2.15. The van der Waals surface area contributed by atoms with Crippen LogP contribution in [0.2, 0.25) is 0 Å². The topological polar surface area (TPSA) is 29.1 Å². The van der Waals surface area contributed by atoms with E-state index in [0.717, 1.165) is 5.56 Å². The van der Waals surface area contributed by atoms with Gasteiger partial charge in [-0.3, -0.25) is 4.79 Å². The number of thioether (sulfide) groups is 1. The van der Waals surface area contributed by atoms with Crippen molar-refractivity contribution in [2.45, 2.75) is 18.1 Å². The summed E-state index contributed by atoms with van der Waals surface area (Å²) < 4.78 is 77.0. The van der Waals surface area contributed by atoms with E-state index in [-0.39, 0.29) is 11.6 Å².